The summed E-state index contributed by atoms with van der Waals surface area (Å²) in [6.45, 7) is 0. The summed E-state index contributed by atoms with van der Waals surface area (Å²) in [4.78, 5) is 13.2. The molecule has 0 heterocycles. The Morgan fingerprint density at radius 1 is 1.16 bits per heavy atom. The summed E-state index contributed by atoms with van der Waals surface area (Å²) in [6, 6.07) is 17.0. The minimum Gasteiger partial charge on any atom is -0.324 e. The number of carbonyl (C=O) groups excluding carboxylic acids is 1. The number of carbonyl (C=O) groups is 1. The van der Waals surface area contributed by atoms with Gasteiger partial charge in [-0.05, 0) is 30.0 Å². The van der Waals surface area contributed by atoms with Gasteiger partial charge in [0, 0.05) is 10.6 Å². The molecule has 0 saturated heterocycles. The zero-order chi connectivity index (χ0) is 13.7. The van der Waals surface area contributed by atoms with Crippen LogP contribution in [0.25, 0.3) is 0 Å². The van der Waals surface area contributed by atoms with Crippen LogP contribution in [0.1, 0.15) is 10.9 Å². The maximum absolute atomic E-state index is 12.1. The van der Waals surface area contributed by atoms with Gasteiger partial charge >= 0.3 is 0 Å². The maximum Gasteiger partial charge on any atom is 0.246 e. The molecular weight excluding hydrogens is 278 g/mol. The van der Waals surface area contributed by atoms with Crippen LogP contribution in [0, 0.1) is 0 Å². The molecule has 0 fully saturated rings. The second-order valence-electron chi connectivity index (χ2n) is 3.99. The van der Waals surface area contributed by atoms with Crippen LogP contribution in [0.15, 0.2) is 59.5 Å². The third kappa shape index (κ3) is 3.75. The second kappa shape index (κ2) is 6.64. The Bertz CT molecular complexity index is 559. The molecule has 98 valence electrons. The van der Waals surface area contributed by atoms with E-state index >= 15 is 0 Å². The highest BCUT2D eigenvalue weighted by Crippen LogP contribution is 2.24. The van der Waals surface area contributed by atoms with Gasteiger partial charge in [-0.25, -0.2) is 0 Å². The minimum absolute atomic E-state index is 0.217. The predicted molar refractivity (Wildman–Crippen MR) is 81.9 cm³/mol. The third-order valence-corrected chi connectivity index (χ3v) is 3.84. The molecule has 1 N–H and O–H groups in total. The number of anilines is 1. The van der Waals surface area contributed by atoms with E-state index in [1.807, 2.05) is 60.9 Å². The first-order chi connectivity index (χ1) is 9.20. The molecule has 1 atom stereocenters. The molecule has 0 spiro atoms. The molecule has 2 nitrogen and oxygen atoms in total. The number of nitrogens with one attached hydrogen (secondary N) is 1. The average Bonchev–Trinajstić information content (AvgIpc) is 2.47. The molecule has 0 aliphatic rings. The molecule has 2 rings (SSSR count). The average molecular weight is 292 g/mol. The van der Waals surface area contributed by atoms with E-state index in [4.69, 9.17) is 11.6 Å². The van der Waals surface area contributed by atoms with Crippen LogP contribution in [0.4, 0.5) is 5.69 Å². The van der Waals surface area contributed by atoms with Crippen LogP contribution >= 0.6 is 23.4 Å². The van der Waals surface area contributed by atoms with Crippen LogP contribution in [-0.4, -0.2) is 12.2 Å². The highest BCUT2D eigenvalue weighted by Gasteiger charge is 2.17. The number of benzene rings is 2. The molecule has 0 bridgehead atoms. The van der Waals surface area contributed by atoms with Crippen molar-refractivity contribution in [1.82, 2.24) is 0 Å². The van der Waals surface area contributed by atoms with Crippen LogP contribution in [-0.2, 0) is 4.79 Å². The van der Waals surface area contributed by atoms with E-state index in [9.17, 15) is 4.79 Å². The van der Waals surface area contributed by atoms with Crippen LogP contribution in [0.5, 0.6) is 0 Å². The predicted octanol–water partition coefficient (Wildman–Crippen LogP) is 4.33. The van der Waals surface area contributed by atoms with Crippen molar-refractivity contribution in [3.05, 3.63) is 60.2 Å². The monoisotopic (exact) mass is 291 g/mol. The Balaban J connectivity index is 2.08. The van der Waals surface area contributed by atoms with E-state index in [0.29, 0.717) is 0 Å². The number of thioether (sulfide) groups is 1. The molecule has 0 aliphatic carbocycles. The minimum atomic E-state index is -0.681. The first-order valence-corrected chi connectivity index (χ1v) is 7.51. The fraction of sp³-hybridized carbons (Fsp3) is 0.133. The highest BCUT2D eigenvalue weighted by atomic mass is 35.5. The zero-order valence-corrected chi connectivity index (χ0v) is 12.0. The fourth-order valence-corrected chi connectivity index (χ4v) is 2.34. The van der Waals surface area contributed by atoms with Gasteiger partial charge in [0.1, 0.15) is 5.38 Å². The van der Waals surface area contributed by atoms with Gasteiger partial charge < -0.3 is 5.32 Å². The van der Waals surface area contributed by atoms with E-state index in [-0.39, 0.29) is 5.91 Å². The molecular formula is C15H14ClNOS. The Labute approximate surface area is 122 Å². The lowest BCUT2D eigenvalue weighted by molar-refractivity contribution is -0.116. The topological polar surface area (TPSA) is 29.1 Å². The van der Waals surface area contributed by atoms with Crippen molar-refractivity contribution >= 4 is 35.0 Å². The summed E-state index contributed by atoms with van der Waals surface area (Å²) in [6.07, 6.45) is 2.00. The summed E-state index contributed by atoms with van der Waals surface area (Å²) < 4.78 is 0. The fourth-order valence-electron chi connectivity index (χ4n) is 1.68. The summed E-state index contributed by atoms with van der Waals surface area (Å²) >= 11 is 7.79. The normalized spacial score (nSPS) is 11.9. The molecule has 2 aromatic rings. The van der Waals surface area contributed by atoms with E-state index in [0.717, 1.165) is 16.1 Å². The van der Waals surface area contributed by atoms with Gasteiger partial charge in [-0.15, -0.1) is 23.4 Å². The lowest BCUT2D eigenvalue weighted by Gasteiger charge is -2.11. The first-order valence-electron chi connectivity index (χ1n) is 5.84. The Morgan fingerprint density at radius 3 is 2.58 bits per heavy atom. The van der Waals surface area contributed by atoms with Crippen molar-refractivity contribution in [3.8, 4) is 0 Å². The van der Waals surface area contributed by atoms with Gasteiger partial charge in [0.05, 0.1) is 0 Å². The third-order valence-electron chi connectivity index (χ3n) is 2.66. The van der Waals surface area contributed by atoms with E-state index in [1.54, 1.807) is 11.8 Å². The molecule has 4 heteroatoms. The van der Waals surface area contributed by atoms with Crippen LogP contribution < -0.4 is 5.32 Å². The summed E-state index contributed by atoms with van der Waals surface area (Å²) in [5, 5.41) is 2.15. The number of halogens is 1. The number of alkyl halides is 1. The van der Waals surface area contributed by atoms with Gasteiger partial charge in [0.25, 0.3) is 0 Å². The van der Waals surface area contributed by atoms with Crippen LogP contribution in [0.3, 0.4) is 0 Å². The van der Waals surface area contributed by atoms with E-state index in [1.165, 1.54) is 0 Å². The number of rotatable bonds is 4. The van der Waals surface area contributed by atoms with Crippen molar-refractivity contribution in [2.24, 2.45) is 0 Å². The molecule has 0 aromatic heterocycles. The van der Waals surface area contributed by atoms with Gasteiger partial charge in [0.2, 0.25) is 5.91 Å². The van der Waals surface area contributed by atoms with Gasteiger partial charge in [-0.3, -0.25) is 4.79 Å². The standard InChI is InChI=1S/C15H14ClNOS/c1-19-13-9-5-8-12(10-13)17-15(18)14(16)11-6-3-2-4-7-11/h2-10,14H,1H3,(H,17,18). The summed E-state index contributed by atoms with van der Waals surface area (Å²) in [7, 11) is 0. The molecule has 19 heavy (non-hydrogen) atoms. The van der Waals surface area contributed by atoms with Crippen molar-refractivity contribution in [2.75, 3.05) is 11.6 Å². The molecule has 1 unspecified atom stereocenters. The molecule has 2 aromatic carbocycles. The lowest BCUT2D eigenvalue weighted by Crippen LogP contribution is -2.17. The Kier molecular flexibility index (Phi) is 4.88. The molecule has 0 saturated carbocycles. The number of amides is 1. The molecule has 0 radical (unpaired) electrons. The van der Waals surface area contributed by atoms with Crippen molar-refractivity contribution in [2.45, 2.75) is 10.3 Å². The summed E-state index contributed by atoms with van der Waals surface area (Å²) in [5.41, 5.74) is 1.56. The van der Waals surface area contributed by atoms with Gasteiger partial charge in [-0.1, -0.05) is 36.4 Å². The zero-order valence-electron chi connectivity index (χ0n) is 10.5. The first kappa shape index (κ1) is 14.0. The lowest BCUT2D eigenvalue weighted by atomic mass is 10.1. The van der Waals surface area contributed by atoms with E-state index < -0.39 is 5.38 Å². The summed E-state index contributed by atoms with van der Waals surface area (Å²) in [5.74, 6) is -0.217. The highest BCUT2D eigenvalue weighted by molar-refractivity contribution is 7.98. The van der Waals surface area contributed by atoms with Crippen molar-refractivity contribution in [1.29, 1.82) is 0 Å². The van der Waals surface area contributed by atoms with Crippen LogP contribution in [0.2, 0.25) is 0 Å². The largest absolute Gasteiger partial charge is 0.324 e. The van der Waals surface area contributed by atoms with Gasteiger partial charge in [-0.2, -0.15) is 0 Å². The Morgan fingerprint density at radius 2 is 1.89 bits per heavy atom. The van der Waals surface area contributed by atoms with Gasteiger partial charge in [0.15, 0.2) is 0 Å². The quantitative estimate of drug-likeness (QED) is 0.671. The number of hydrogen-bond acceptors (Lipinski definition) is 2. The second-order valence-corrected chi connectivity index (χ2v) is 5.31. The number of hydrogen-bond donors (Lipinski definition) is 1. The Hall–Kier alpha value is -1.45. The SMILES string of the molecule is CSc1cccc(NC(=O)C(Cl)c2ccccc2)c1. The maximum atomic E-state index is 12.1. The molecule has 0 aliphatic heterocycles. The van der Waals surface area contributed by atoms with E-state index in [2.05, 4.69) is 5.32 Å². The molecule has 1 amide bonds. The van der Waals surface area contributed by atoms with Crippen molar-refractivity contribution < 1.29 is 4.79 Å². The smallest absolute Gasteiger partial charge is 0.246 e. The van der Waals surface area contributed by atoms with Crippen molar-refractivity contribution in [3.63, 3.8) is 0 Å².